The van der Waals surface area contributed by atoms with Crippen LogP contribution in [0.25, 0.3) is 0 Å². The zero-order chi connectivity index (χ0) is 21.2. The molecule has 6 aliphatic carbocycles. The van der Waals surface area contributed by atoms with Gasteiger partial charge in [-0.1, -0.05) is 32.9 Å². The molecule has 164 valence electrons. The lowest BCUT2D eigenvalue weighted by Gasteiger charge is -2.67. The molecule has 0 aromatic rings. The molecule has 13 atom stereocenters. The molecule has 0 radical (unpaired) electrons. The standard InChI is InChI=1S/C24H33NO5/c1-10(2)19(28)30-12-6-21(4)9-25-13-8-22-5-11(3)14-15(26)17(22)23(7-12,16(13)21)20(25)24(22,29)18(14)27/h10,12-18,20,26-27,29H,3,5-9H2,1-2,4H3/t12-,13-,14+,15+,16+,17+,18?,20-,21+,22+,23-,24-/m0/s1. The molecule has 3 saturated heterocycles. The Bertz CT molecular complexity index is 904. The molecule has 6 heteroatoms. The number of rotatable bonds is 2. The Morgan fingerprint density at radius 3 is 2.67 bits per heavy atom. The Morgan fingerprint density at radius 1 is 1.23 bits per heavy atom. The molecule has 0 aromatic heterocycles. The van der Waals surface area contributed by atoms with Crippen LogP contribution in [0.3, 0.4) is 0 Å². The fraction of sp³-hybridized carbons (Fsp3) is 0.875. The topological polar surface area (TPSA) is 90.2 Å². The highest BCUT2D eigenvalue weighted by Gasteiger charge is 2.94. The van der Waals surface area contributed by atoms with Crippen molar-refractivity contribution in [3.8, 4) is 0 Å². The van der Waals surface area contributed by atoms with E-state index in [1.165, 1.54) is 0 Å². The van der Waals surface area contributed by atoms with E-state index in [9.17, 15) is 20.1 Å². The summed E-state index contributed by atoms with van der Waals surface area (Å²) in [7, 11) is 0. The lowest BCUT2D eigenvalue weighted by Crippen LogP contribution is -2.76. The maximum atomic E-state index is 12.5. The highest BCUT2D eigenvalue weighted by molar-refractivity contribution is 5.71. The lowest BCUT2D eigenvalue weighted by molar-refractivity contribution is -0.280. The van der Waals surface area contributed by atoms with Gasteiger partial charge in [-0.15, -0.1) is 0 Å². The van der Waals surface area contributed by atoms with Gasteiger partial charge in [-0.3, -0.25) is 9.69 Å². The van der Waals surface area contributed by atoms with Crippen molar-refractivity contribution < 1.29 is 24.9 Å². The van der Waals surface area contributed by atoms with E-state index >= 15 is 0 Å². The van der Waals surface area contributed by atoms with Crippen LogP contribution in [0.5, 0.6) is 0 Å². The van der Waals surface area contributed by atoms with Crippen molar-refractivity contribution in [1.29, 1.82) is 0 Å². The SMILES string of the molecule is C=C1C[C@@]23C[C@H]4[C@@H]5[C@]6(C)C[C@H](OC(=O)C(C)C)C[C@@]57[C@@H]2[C@H](O)[C@@H]1C(O)[C@]3(O)[C@H]7N4C6. The quantitative estimate of drug-likeness (QED) is 0.462. The summed E-state index contributed by atoms with van der Waals surface area (Å²) in [6, 6.07) is 0.232. The van der Waals surface area contributed by atoms with Gasteiger partial charge >= 0.3 is 5.97 Å². The molecule has 3 N–H and O–H groups in total. The van der Waals surface area contributed by atoms with Crippen molar-refractivity contribution in [1.82, 2.24) is 4.90 Å². The summed E-state index contributed by atoms with van der Waals surface area (Å²) < 4.78 is 6.02. The van der Waals surface area contributed by atoms with Crippen LogP contribution in [0.2, 0.25) is 0 Å². The normalized spacial score (nSPS) is 65.7. The number of carbonyl (C=O) groups excluding carboxylic acids is 1. The third kappa shape index (κ3) is 1.49. The molecule has 3 heterocycles. The van der Waals surface area contributed by atoms with Crippen molar-refractivity contribution in [2.24, 2.45) is 39.9 Å². The molecular weight excluding hydrogens is 382 g/mol. The Labute approximate surface area is 177 Å². The van der Waals surface area contributed by atoms with E-state index in [1.54, 1.807) is 0 Å². The number of aliphatic hydroxyl groups excluding tert-OH is 2. The van der Waals surface area contributed by atoms with Gasteiger partial charge in [-0.05, 0) is 37.0 Å². The average Bonchev–Trinajstić information content (AvgIpc) is 3.05. The van der Waals surface area contributed by atoms with E-state index < -0.39 is 29.1 Å². The van der Waals surface area contributed by atoms with E-state index in [4.69, 9.17) is 4.74 Å². The molecule has 0 aromatic carbocycles. The number of nitrogens with zero attached hydrogens (tertiary/aromatic N) is 1. The Balaban J connectivity index is 1.42. The Hall–Kier alpha value is -0.950. The average molecular weight is 416 g/mol. The largest absolute Gasteiger partial charge is 0.462 e. The third-order valence-corrected chi connectivity index (χ3v) is 11.0. The molecule has 6 nitrogen and oxygen atoms in total. The van der Waals surface area contributed by atoms with Crippen LogP contribution in [0.4, 0.5) is 0 Å². The van der Waals surface area contributed by atoms with E-state index in [1.807, 2.05) is 13.8 Å². The summed E-state index contributed by atoms with van der Waals surface area (Å²) in [6.45, 7) is 11.1. The van der Waals surface area contributed by atoms with E-state index in [0.29, 0.717) is 24.8 Å². The molecule has 9 rings (SSSR count). The molecule has 9 aliphatic rings. The minimum absolute atomic E-state index is 0.0116. The molecule has 0 amide bonds. The summed E-state index contributed by atoms with van der Waals surface area (Å²) in [5.74, 6) is -0.476. The van der Waals surface area contributed by atoms with E-state index in [-0.39, 0.29) is 40.8 Å². The van der Waals surface area contributed by atoms with E-state index in [2.05, 4.69) is 18.4 Å². The number of aliphatic hydroxyl groups is 3. The summed E-state index contributed by atoms with van der Waals surface area (Å²) in [5.41, 5.74) is -1.11. The fourth-order valence-corrected chi connectivity index (χ4v) is 11.0. The highest BCUT2D eigenvalue weighted by atomic mass is 16.5. The first kappa shape index (κ1) is 18.6. The number of piperidine rings is 2. The first-order valence-electron chi connectivity index (χ1n) is 11.8. The van der Waals surface area contributed by atoms with Gasteiger partial charge in [0.2, 0.25) is 0 Å². The number of hydrogen-bond acceptors (Lipinski definition) is 6. The maximum absolute atomic E-state index is 12.5. The molecule has 9 bridgehead atoms. The van der Waals surface area contributed by atoms with Gasteiger partial charge < -0.3 is 20.1 Å². The van der Waals surface area contributed by atoms with Gasteiger partial charge in [-0.25, -0.2) is 0 Å². The predicted octanol–water partition coefficient (Wildman–Crippen LogP) is 1.09. The second kappa shape index (κ2) is 4.85. The van der Waals surface area contributed by atoms with Crippen LogP contribution in [-0.4, -0.2) is 68.7 Å². The molecule has 2 unspecified atom stereocenters. The Kier molecular flexibility index (Phi) is 3.01. The zero-order valence-corrected chi connectivity index (χ0v) is 18.0. The van der Waals surface area contributed by atoms with Gasteiger partial charge in [0.05, 0.1) is 18.1 Å². The van der Waals surface area contributed by atoms with Crippen LogP contribution < -0.4 is 0 Å². The van der Waals surface area contributed by atoms with Crippen LogP contribution in [0.1, 0.15) is 46.5 Å². The fourth-order valence-electron chi connectivity index (χ4n) is 11.0. The monoisotopic (exact) mass is 415 g/mol. The molecule has 9 fully saturated rings. The van der Waals surface area contributed by atoms with Gasteiger partial charge in [0, 0.05) is 41.3 Å². The molecular formula is C24H33NO5. The molecule has 6 saturated carbocycles. The second-order valence-electron chi connectivity index (χ2n) is 12.5. The molecule has 30 heavy (non-hydrogen) atoms. The smallest absolute Gasteiger partial charge is 0.308 e. The first-order valence-corrected chi connectivity index (χ1v) is 11.8. The summed E-state index contributed by atoms with van der Waals surface area (Å²) in [5, 5.41) is 35.3. The predicted molar refractivity (Wildman–Crippen MR) is 107 cm³/mol. The third-order valence-electron chi connectivity index (χ3n) is 11.0. The van der Waals surface area contributed by atoms with Crippen LogP contribution in [0.15, 0.2) is 12.2 Å². The first-order chi connectivity index (χ1) is 14.0. The summed E-state index contributed by atoms with van der Waals surface area (Å²) in [4.78, 5) is 15.0. The Morgan fingerprint density at radius 2 is 1.97 bits per heavy atom. The van der Waals surface area contributed by atoms with Gasteiger partial charge in [0.15, 0.2) is 0 Å². The van der Waals surface area contributed by atoms with Crippen LogP contribution >= 0.6 is 0 Å². The zero-order valence-electron chi connectivity index (χ0n) is 18.0. The van der Waals surface area contributed by atoms with Gasteiger partial charge in [0.25, 0.3) is 0 Å². The number of carbonyl (C=O) groups is 1. The maximum Gasteiger partial charge on any atom is 0.308 e. The van der Waals surface area contributed by atoms with Crippen molar-refractivity contribution >= 4 is 5.97 Å². The lowest BCUT2D eigenvalue weighted by atomic mass is 9.39. The van der Waals surface area contributed by atoms with E-state index in [0.717, 1.165) is 25.0 Å². The van der Waals surface area contributed by atoms with Crippen molar-refractivity contribution in [2.45, 2.75) is 82.5 Å². The summed E-state index contributed by atoms with van der Waals surface area (Å²) >= 11 is 0. The molecule has 2 spiro atoms. The van der Waals surface area contributed by atoms with Crippen molar-refractivity contribution in [2.75, 3.05) is 6.54 Å². The van der Waals surface area contributed by atoms with Crippen LogP contribution in [0, 0.1) is 39.9 Å². The molecule has 3 aliphatic heterocycles. The van der Waals surface area contributed by atoms with Gasteiger partial charge in [-0.2, -0.15) is 0 Å². The van der Waals surface area contributed by atoms with Crippen molar-refractivity contribution in [3.63, 3.8) is 0 Å². The van der Waals surface area contributed by atoms with Gasteiger partial charge in [0.1, 0.15) is 11.7 Å². The number of ether oxygens (including phenoxy) is 1. The summed E-state index contributed by atoms with van der Waals surface area (Å²) in [6.07, 6.45) is 1.24. The van der Waals surface area contributed by atoms with Crippen molar-refractivity contribution in [3.05, 3.63) is 12.2 Å². The van der Waals surface area contributed by atoms with Crippen LogP contribution in [-0.2, 0) is 9.53 Å². The minimum Gasteiger partial charge on any atom is -0.462 e. The number of esters is 1. The number of fused-ring (bicyclic) bond motifs is 1. The highest BCUT2D eigenvalue weighted by Crippen LogP contribution is 2.88. The number of hydrogen-bond donors (Lipinski definition) is 3. The second-order valence-corrected chi connectivity index (χ2v) is 12.5. The minimum atomic E-state index is -1.21.